The smallest absolute Gasteiger partial charge is 0.338 e. The van der Waals surface area contributed by atoms with Crippen molar-refractivity contribution in [2.45, 2.75) is 26.8 Å². The summed E-state index contributed by atoms with van der Waals surface area (Å²) in [5.41, 5.74) is 4.53. The fourth-order valence-electron chi connectivity index (χ4n) is 4.01. The zero-order valence-corrected chi connectivity index (χ0v) is 17.8. The summed E-state index contributed by atoms with van der Waals surface area (Å²) in [6.07, 6.45) is 0. The Kier molecular flexibility index (Phi) is 5.50. The number of nitrogens with one attached hydrogen (secondary N) is 1. The van der Waals surface area contributed by atoms with Crippen molar-refractivity contribution in [2.24, 2.45) is 0 Å². The van der Waals surface area contributed by atoms with E-state index in [1.54, 1.807) is 4.90 Å². The maximum absolute atomic E-state index is 13.1. The van der Waals surface area contributed by atoms with Crippen molar-refractivity contribution in [3.8, 4) is 0 Å². The van der Waals surface area contributed by atoms with Gasteiger partial charge in [0.2, 0.25) is 5.91 Å². The number of carbonyl (C=O) groups excluding carboxylic acids is 3. The van der Waals surface area contributed by atoms with Gasteiger partial charge in [-0.2, -0.15) is 0 Å². The highest BCUT2D eigenvalue weighted by molar-refractivity contribution is 6.00. The first-order chi connectivity index (χ1) is 14.9. The molecule has 3 amide bonds. The van der Waals surface area contributed by atoms with Gasteiger partial charge in [-0.25, -0.2) is 9.59 Å². The molecule has 2 heterocycles. The van der Waals surface area contributed by atoms with Crippen LogP contribution < -0.4 is 10.2 Å². The number of urea groups is 1. The second-order valence-electron chi connectivity index (χ2n) is 7.79. The topological polar surface area (TPSA) is 79.0 Å². The number of benzene rings is 2. The first-order valence-corrected chi connectivity index (χ1v) is 10.3. The Bertz CT molecular complexity index is 1070. The van der Waals surface area contributed by atoms with Crippen molar-refractivity contribution in [1.82, 2.24) is 10.2 Å². The molecule has 7 nitrogen and oxygen atoms in total. The molecule has 0 spiro atoms. The van der Waals surface area contributed by atoms with Crippen LogP contribution in [-0.2, 0) is 14.3 Å². The Morgan fingerprint density at radius 1 is 1.13 bits per heavy atom. The number of anilines is 1. The number of cyclic esters (lactones) is 1. The van der Waals surface area contributed by atoms with E-state index in [4.69, 9.17) is 4.74 Å². The van der Waals surface area contributed by atoms with Crippen LogP contribution in [0.4, 0.5) is 10.5 Å². The summed E-state index contributed by atoms with van der Waals surface area (Å²) in [4.78, 5) is 41.5. The first-order valence-electron chi connectivity index (χ1n) is 10.3. The van der Waals surface area contributed by atoms with Gasteiger partial charge in [-0.3, -0.25) is 9.69 Å². The normalized spacial score (nSPS) is 17.9. The summed E-state index contributed by atoms with van der Waals surface area (Å²) in [6.45, 7) is 6.09. The van der Waals surface area contributed by atoms with E-state index in [-0.39, 0.29) is 19.1 Å². The largest absolute Gasteiger partial charge is 0.456 e. The molecule has 1 N–H and O–H groups in total. The molecule has 0 aliphatic carbocycles. The quantitative estimate of drug-likeness (QED) is 0.755. The maximum Gasteiger partial charge on any atom is 0.338 e. The lowest BCUT2D eigenvalue weighted by atomic mass is 9.95. The molecule has 4 rings (SSSR count). The minimum absolute atomic E-state index is 0.0200. The standard InChI is InChI=1S/C24H25N3O4/c1-4-26(18-7-5-6-16(3)12-18)20(28)13-27-19-14-31-23(29)21(19)22(25-24(27)30)17-10-8-15(2)9-11-17/h5-12,22H,4,13-14H2,1-3H3,(H,25,30)/t22-/m1/s1. The van der Waals surface area contributed by atoms with Crippen LogP contribution in [0.5, 0.6) is 0 Å². The van der Waals surface area contributed by atoms with Gasteiger partial charge in [0, 0.05) is 12.2 Å². The molecule has 0 saturated heterocycles. The van der Waals surface area contributed by atoms with Gasteiger partial charge >= 0.3 is 12.0 Å². The first kappa shape index (κ1) is 20.7. The van der Waals surface area contributed by atoms with Gasteiger partial charge in [-0.1, -0.05) is 42.0 Å². The summed E-state index contributed by atoms with van der Waals surface area (Å²) < 4.78 is 5.25. The number of carbonyl (C=O) groups is 3. The number of hydrogen-bond acceptors (Lipinski definition) is 4. The van der Waals surface area contributed by atoms with Crippen LogP contribution in [0, 0.1) is 13.8 Å². The fraction of sp³-hybridized carbons (Fsp3) is 0.292. The molecular formula is C24H25N3O4. The average molecular weight is 419 g/mol. The highest BCUT2D eigenvalue weighted by atomic mass is 16.5. The number of rotatable bonds is 5. The van der Waals surface area contributed by atoms with Crippen LogP contribution in [0.15, 0.2) is 59.8 Å². The predicted octanol–water partition coefficient (Wildman–Crippen LogP) is 3.23. The Morgan fingerprint density at radius 3 is 2.55 bits per heavy atom. The molecule has 2 aromatic rings. The second-order valence-corrected chi connectivity index (χ2v) is 7.79. The molecule has 2 aromatic carbocycles. The summed E-state index contributed by atoms with van der Waals surface area (Å²) in [7, 11) is 0. The molecule has 31 heavy (non-hydrogen) atoms. The number of aryl methyl sites for hydroxylation is 2. The summed E-state index contributed by atoms with van der Waals surface area (Å²) in [5.74, 6) is -0.702. The Labute approximate surface area is 181 Å². The highest BCUT2D eigenvalue weighted by Gasteiger charge is 2.43. The lowest BCUT2D eigenvalue weighted by Gasteiger charge is -2.33. The van der Waals surface area contributed by atoms with Crippen LogP contribution in [-0.4, -0.2) is 42.5 Å². The van der Waals surface area contributed by atoms with E-state index < -0.39 is 18.0 Å². The Balaban J connectivity index is 1.63. The van der Waals surface area contributed by atoms with Gasteiger partial charge < -0.3 is 15.0 Å². The number of esters is 1. The van der Waals surface area contributed by atoms with Crippen LogP contribution in [0.3, 0.4) is 0 Å². The van der Waals surface area contributed by atoms with E-state index >= 15 is 0 Å². The van der Waals surface area contributed by atoms with Crippen molar-refractivity contribution in [2.75, 3.05) is 24.6 Å². The fourth-order valence-corrected chi connectivity index (χ4v) is 4.01. The van der Waals surface area contributed by atoms with E-state index in [0.29, 0.717) is 17.8 Å². The van der Waals surface area contributed by atoms with Crippen molar-refractivity contribution in [1.29, 1.82) is 0 Å². The molecule has 0 aromatic heterocycles. The van der Waals surface area contributed by atoms with Gasteiger partial charge in [0.1, 0.15) is 13.2 Å². The third kappa shape index (κ3) is 3.91. The second kappa shape index (κ2) is 8.26. The lowest BCUT2D eigenvalue weighted by molar-refractivity contribution is -0.136. The summed E-state index contributed by atoms with van der Waals surface area (Å²) >= 11 is 0. The van der Waals surface area contributed by atoms with Crippen molar-refractivity contribution < 1.29 is 19.1 Å². The zero-order valence-electron chi connectivity index (χ0n) is 17.8. The van der Waals surface area contributed by atoms with E-state index in [1.807, 2.05) is 69.3 Å². The molecule has 0 saturated carbocycles. The van der Waals surface area contributed by atoms with E-state index in [1.165, 1.54) is 4.90 Å². The molecule has 0 bridgehead atoms. The summed E-state index contributed by atoms with van der Waals surface area (Å²) in [5, 5.41) is 2.87. The highest BCUT2D eigenvalue weighted by Crippen LogP contribution is 2.35. The third-order valence-corrected chi connectivity index (χ3v) is 5.63. The number of nitrogens with zero attached hydrogens (tertiary/aromatic N) is 2. The van der Waals surface area contributed by atoms with Crippen LogP contribution in [0.1, 0.15) is 29.7 Å². The average Bonchev–Trinajstić information content (AvgIpc) is 3.13. The van der Waals surface area contributed by atoms with Crippen molar-refractivity contribution >= 4 is 23.6 Å². The molecule has 0 unspecified atom stereocenters. The van der Waals surface area contributed by atoms with Crippen molar-refractivity contribution in [3.63, 3.8) is 0 Å². The van der Waals surface area contributed by atoms with Crippen LogP contribution >= 0.6 is 0 Å². The number of ether oxygens (including phenoxy) is 1. The van der Waals surface area contributed by atoms with Gasteiger partial charge in [0.25, 0.3) is 0 Å². The third-order valence-electron chi connectivity index (χ3n) is 5.63. The molecular weight excluding hydrogens is 394 g/mol. The predicted molar refractivity (Wildman–Crippen MR) is 116 cm³/mol. The summed E-state index contributed by atoms with van der Waals surface area (Å²) in [6, 6.07) is 14.3. The molecule has 160 valence electrons. The number of likely N-dealkylation sites (N-methyl/N-ethyl adjacent to an activating group) is 1. The molecule has 0 radical (unpaired) electrons. The molecule has 0 fully saturated rings. The van der Waals surface area contributed by atoms with Gasteiger partial charge in [0.15, 0.2) is 0 Å². The van der Waals surface area contributed by atoms with Crippen LogP contribution in [0.25, 0.3) is 0 Å². The zero-order chi connectivity index (χ0) is 22.1. The van der Waals surface area contributed by atoms with E-state index in [0.717, 1.165) is 22.4 Å². The lowest BCUT2D eigenvalue weighted by Crippen LogP contribution is -2.51. The molecule has 2 aliphatic rings. The molecule has 2 aliphatic heterocycles. The Morgan fingerprint density at radius 2 is 1.87 bits per heavy atom. The monoisotopic (exact) mass is 419 g/mol. The molecule has 1 atom stereocenters. The minimum Gasteiger partial charge on any atom is -0.456 e. The number of hydrogen-bond donors (Lipinski definition) is 1. The van der Waals surface area contributed by atoms with Crippen LogP contribution in [0.2, 0.25) is 0 Å². The van der Waals surface area contributed by atoms with E-state index in [9.17, 15) is 14.4 Å². The SMILES string of the molecule is CCN(C(=O)CN1C(=O)N[C@H](c2ccc(C)cc2)C2=C1COC2=O)c1cccc(C)c1. The van der Waals surface area contributed by atoms with Gasteiger partial charge in [-0.05, 0) is 44.0 Å². The maximum atomic E-state index is 13.1. The molecule has 7 heteroatoms. The number of amides is 3. The minimum atomic E-state index is -0.594. The van der Waals surface area contributed by atoms with Crippen molar-refractivity contribution in [3.05, 3.63) is 76.5 Å². The Hall–Kier alpha value is -3.61. The van der Waals surface area contributed by atoms with Gasteiger partial charge in [0.05, 0.1) is 17.3 Å². The van der Waals surface area contributed by atoms with Gasteiger partial charge in [-0.15, -0.1) is 0 Å². The van der Waals surface area contributed by atoms with E-state index in [2.05, 4.69) is 5.32 Å².